The van der Waals surface area contributed by atoms with Crippen molar-refractivity contribution in [1.82, 2.24) is 19.6 Å². The molecule has 4 aromatic rings. The number of carboxylic acid groups (broad SMARTS) is 4. The van der Waals surface area contributed by atoms with Gasteiger partial charge in [0.25, 0.3) is 68.2 Å². The number of para-hydroxylation sites is 4. The van der Waals surface area contributed by atoms with Gasteiger partial charge in [0.15, 0.2) is 0 Å². The second-order valence-corrected chi connectivity index (χ2v) is 31.5. The zero-order chi connectivity index (χ0) is 82.4. The Bertz CT molecular complexity index is 4630. The Balaban J connectivity index is 0.000000174. The summed E-state index contributed by atoms with van der Waals surface area (Å²) in [5.41, 5.74) is 6.14. The van der Waals surface area contributed by atoms with E-state index in [1.54, 1.807) is 68.1 Å². The number of amides is 12. The maximum absolute atomic E-state index is 13.2. The zero-order valence-electron chi connectivity index (χ0n) is 64.0. The number of imide groups is 4. The van der Waals surface area contributed by atoms with Crippen LogP contribution in [0.5, 0.6) is 0 Å². The van der Waals surface area contributed by atoms with Crippen molar-refractivity contribution in [3.05, 3.63) is 139 Å². The van der Waals surface area contributed by atoms with Gasteiger partial charge in [0.1, 0.15) is 26.2 Å². The Morgan fingerprint density at radius 2 is 0.421 bits per heavy atom. The molecule has 0 aliphatic carbocycles. The minimum absolute atomic E-state index is 0.00904. The fourth-order valence-electron chi connectivity index (χ4n) is 14.0. The van der Waals surface area contributed by atoms with E-state index in [9.17, 15) is 76.7 Å². The smallest absolute Gasteiger partial charge is 0.323 e. The van der Waals surface area contributed by atoms with Gasteiger partial charge in [-0.3, -0.25) is 96.3 Å². The normalized spacial score (nSPS) is 18.8. The molecular formula is C82H92N8O20S4. The lowest BCUT2D eigenvalue weighted by Gasteiger charge is -2.17. The highest BCUT2D eigenvalue weighted by atomic mass is 32.2. The molecule has 0 radical (unpaired) electrons. The number of carboxylic acids is 4. The Morgan fingerprint density at radius 1 is 0.246 bits per heavy atom. The highest BCUT2D eigenvalue weighted by Crippen LogP contribution is 2.49. The molecule has 4 aromatic carbocycles. The molecule has 4 N–H and O–H groups in total. The van der Waals surface area contributed by atoms with Crippen LogP contribution >= 0.6 is 47.0 Å². The zero-order valence-corrected chi connectivity index (χ0v) is 67.2. The number of carbonyl (C=O) groups excluding carboxylic acids is 12. The number of thioether (sulfide) groups is 4. The first-order chi connectivity index (χ1) is 54.8. The fourth-order valence-corrected chi connectivity index (χ4v) is 17.7. The summed E-state index contributed by atoms with van der Waals surface area (Å²) in [5, 5.41) is 33.1. The van der Waals surface area contributed by atoms with Gasteiger partial charge in [-0.25, -0.2) is 0 Å². The Kier molecular flexibility index (Phi) is 31.9. The van der Waals surface area contributed by atoms with E-state index in [1.165, 1.54) is 44.9 Å². The summed E-state index contributed by atoms with van der Waals surface area (Å²) in [6, 6.07) is 28.8. The lowest BCUT2D eigenvalue weighted by atomic mass is 10.1. The SMILES string of the molecule is CCCCCCCCCN1C(=O)/C(=C2\SC(=O)N(CC(=O)O)C2=O)c2ccccc21.CCCCCCCCN1C(=O)/C(=C2\SC(=O)N(CC(=O)O)C2=O)c2ccccc21.CCCCCCCN1C(=O)/C(=C2\SC(=O)N(CC(=O)O)C2=O)c2ccccc21.CCCCCCN1C(=O)/C(=C2\SC(=O)N(CC(=O)O)C2=O)c2ccccc21. The summed E-state index contributed by atoms with van der Waals surface area (Å²) >= 11 is 2.53. The van der Waals surface area contributed by atoms with E-state index in [2.05, 4.69) is 27.7 Å². The third kappa shape index (κ3) is 20.5. The molecule has 4 saturated heterocycles. The van der Waals surface area contributed by atoms with Gasteiger partial charge in [-0.05, 0) is 97.0 Å². The van der Waals surface area contributed by atoms with Crippen molar-refractivity contribution in [3.8, 4) is 0 Å². The summed E-state index contributed by atoms with van der Waals surface area (Å²) in [5.74, 6) is -9.22. The summed E-state index contributed by atoms with van der Waals surface area (Å²) < 4.78 is 0. The first-order valence-electron chi connectivity index (χ1n) is 38.5. The van der Waals surface area contributed by atoms with Crippen molar-refractivity contribution in [3.63, 3.8) is 0 Å². The van der Waals surface area contributed by atoms with Crippen LogP contribution in [0.25, 0.3) is 22.3 Å². The molecule has 12 amide bonds. The predicted octanol–water partition coefficient (Wildman–Crippen LogP) is 14.8. The third-order valence-corrected chi connectivity index (χ3v) is 23.5. The Morgan fingerprint density at radius 3 is 0.614 bits per heavy atom. The van der Waals surface area contributed by atoms with Crippen LogP contribution in [0.3, 0.4) is 0 Å². The van der Waals surface area contributed by atoms with Crippen molar-refractivity contribution in [2.45, 2.75) is 169 Å². The highest BCUT2D eigenvalue weighted by Gasteiger charge is 2.49. The number of fused-ring (bicyclic) bond motifs is 4. The Labute approximate surface area is 676 Å². The molecule has 12 rings (SSSR count). The molecule has 8 aliphatic heterocycles. The standard InChI is InChI=1S/C22H26N2O5S.C21H24N2O5S.C20H22N2O5S.C19H20N2O5S/c1-2-3-4-5-6-7-10-13-23-16-12-9-8-11-15(16)18(20(23)27)19-21(28)24(14-17(25)26)22(29)30-19;1-2-3-4-5-6-9-12-22-15-11-8-7-10-14(15)17(19(22)26)18-20(27)23(13-16(24)25)21(28)29-18;1-2-3-4-5-8-11-21-14-10-7-6-9-13(14)16(18(21)25)17-19(26)22(12-15(23)24)20(27)28-17;1-2-3-4-7-10-20-13-9-6-5-8-12(13)15(17(20)24)16-18(25)21(11-14(22)23)19(26)27-16/h8-9,11-12H,2-7,10,13-14H2,1H3,(H,25,26);7-8,10-11H,2-6,9,12-13H2,1H3,(H,24,25);6-7,9-10H,2-5,8,11-12H2,1H3,(H,23,24);5-6,8-9H,2-4,7,10-11H2,1H3,(H,22,23)/b19-18-;18-17-;17-16-;16-15-. The van der Waals surface area contributed by atoms with E-state index >= 15 is 0 Å². The van der Waals surface area contributed by atoms with Crippen LogP contribution in [0.1, 0.15) is 191 Å². The van der Waals surface area contributed by atoms with Crippen LogP contribution in [0.2, 0.25) is 0 Å². The quantitative estimate of drug-likeness (QED) is 0.0249. The maximum Gasteiger partial charge on any atom is 0.323 e. The minimum atomic E-state index is -1.28. The first kappa shape index (κ1) is 87.5. The third-order valence-electron chi connectivity index (χ3n) is 19.6. The topological polar surface area (TPSA) is 380 Å². The van der Waals surface area contributed by atoms with E-state index in [0.29, 0.717) is 115 Å². The number of carbonyl (C=O) groups is 16. The van der Waals surface area contributed by atoms with Gasteiger partial charge in [-0.1, -0.05) is 216 Å². The Hall–Kier alpha value is -10.4. The molecule has 604 valence electrons. The second-order valence-electron chi connectivity index (χ2n) is 27.7. The van der Waals surface area contributed by atoms with Crippen LogP contribution in [0.15, 0.2) is 117 Å². The van der Waals surface area contributed by atoms with Crippen molar-refractivity contribution in [1.29, 1.82) is 0 Å². The lowest BCUT2D eigenvalue weighted by Crippen LogP contribution is -2.34. The van der Waals surface area contributed by atoms with E-state index in [0.717, 1.165) is 119 Å². The monoisotopic (exact) mass is 1640 g/mol. The molecule has 8 aliphatic rings. The predicted molar refractivity (Wildman–Crippen MR) is 436 cm³/mol. The molecule has 114 heavy (non-hydrogen) atoms. The molecule has 0 aromatic heterocycles. The van der Waals surface area contributed by atoms with Gasteiger partial charge in [0.2, 0.25) is 0 Å². The summed E-state index contributed by atoms with van der Waals surface area (Å²) in [7, 11) is 0. The van der Waals surface area contributed by atoms with E-state index in [4.69, 9.17) is 20.4 Å². The first-order valence-corrected chi connectivity index (χ1v) is 41.7. The van der Waals surface area contributed by atoms with Gasteiger partial charge in [-0.2, -0.15) is 0 Å². The van der Waals surface area contributed by atoms with Crippen molar-refractivity contribution in [2.75, 3.05) is 72.0 Å². The van der Waals surface area contributed by atoms with E-state index in [1.807, 2.05) is 48.5 Å². The molecule has 8 heterocycles. The van der Waals surface area contributed by atoms with E-state index in [-0.39, 0.29) is 65.5 Å². The summed E-state index contributed by atoms with van der Waals surface area (Å²) in [4.78, 5) is 205. The molecule has 0 unspecified atom stereocenters. The van der Waals surface area contributed by atoms with Crippen molar-refractivity contribution < 1.29 is 97.1 Å². The lowest BCUT2D eigenvalue weighted by molar-refractivity contribution is -0.141. The largest absolute Gasteiger partial charge is 0.480 e. The van der Waals surface area contributed by atoms with Gasteiger partial charge >= 0.3 is 23.9 Å². The second kappa shape index (κ2) is 41.6. The molecule has 0 atom stereocenters. The molecule has 0 spiro atoms. The number of benzene rings is 4. The number of aliphatic carboxylic acids is 4. The van der Waals surface area contributed by atoms with Gasteiger partial charge in [0.05, 0.1) is 64.7 Å². The molecular weight excluding hydrogens is 1550 g/mol. The molecule has 4 fully saturated rings. The van der Waals surface area contributed by atoms with Gasteiger partial charge < -0.3 is 40.0 Å². The number of hydrogen-bond donors (Lipinski definition) is 4. The van der Waals surface area contributed by atoms with Crippen LogP contribution in [0.4, 0.5) is 41.9 Å². The van der Waals surface area contributed by atoms with Crippen LogP contribution in [-0.2, 0) is 57.5 Å². The minimum Gasteiger partial charge on any atom is -0.480 e. The summed E-state index contributed by atoms with van der Waals surface area (Å²) in [6.07, 6.45) is 23.8. The fraction of sp³-hybridized carbons (Fsp3) is 0.415. The van der Waals surface area contributed by atoms with Gasteiger partial charge in [-0.15, -0.1) is 0 Å². The van der Waals surface area contributed by atoms with Crippen molar-refractivity contribution >= 4 is 184 Å². The molecule has 0 bridgehead atoms. The van der Waals surface area contributed by atoms with E-state index < -0.39 is 94.6 Å². The number of hydrogen-bond acceptors (Lipinski definition) is 20. The van der Waals surface area contributed by atoms with Crippen LogP contribution in [0, 0.1) is 0 Å². The number of unbranched alkanes of at least 4 members (excludes halogenated alkanes) is 18. The average Bonchev–Trinajstić information content (AvgIpc) is 1.62. The average molecular weight is 1640 g/mol. The number of nitrogens with zero attached hydrogens (tertiary/aromatic N) is 8. The highest BCUT2D eigenvalue weighted by molar-refractivity contribution is 8.19. The number of rotatable bonds is 34. The van der Waals surface area contributed by atoms with Gasteiger partial charge in [0, 0.05) is 48.4 Å². The maximum atomic E-state index is 13.2. The van der Waals surface area contributed by atoms with Crippen LogP contribution < -0.4 is 19.6 Å². The molecule has 28 nitrogen and oxygen atoms in total. The molecule has 0 saturated carbocycles. The van der Waals surface area contributed by atoms with Crippen molar-refractivity contribution in [2.24, 2.45) is 0 Å². The number of anilines is 4. The molecule has 32 heteroatoms. The summed E-state index contributed by atoms with van der Waals surface area (Å²) in [6.45, 7) is 7.94. The van der Waals surface area contributed by atoms with Crippen LogP contribution in [-0.4, -0.2) is 184 Å².